The second-order valence-corrected chi connectivity index (χ2v) is 5.51. The van der Waals surface area contributed by atoms with Crippen LogP contribution in [0.15, 0.2) is 11.4 Å². The van der Waals surface area contributed by atoms with Crippen LogP contribution in [0.4, 0.5) is 0 Å². The molecule has 1 aliphatic heterocycles. The number of aryl methyl sites for hydroxylation is 1. The summed E-state index contributed by atoms with van der Waals surface area (Å²) in [6.07, 6.45) is -0.0609. The van der Waals surface area contributed by atoms with Crippen molar-refractivity contribution in [2.75, 3.05) is 13.2 Å². The number of amides is 1. The lowest BCUT2D eigenvalue weighted by molar-refractivity contribution is -0.137. The largest absolute Gasteiger partial charge is 0.349 e. The van der Waals surface area contributed by atoms with Crippen molar-refractivity contribution in [1.82, 2.24) is 5.32 Å². The Labute approximate surface area is 105 Å². The lowest BCUT2D eigenvalue weighted by Gasteiger charge is -2.17. The van der Waals surface area contributed by atoms with E-state index in [1.807, 2.05) is 32.2 Å². The third-order valence-electron chi connectivity index (χ3n) is 2.63. The van der Waals surface area contributed by atoms with Gasteiger partial charge in [-0.25, -0.2) is 0 Å². The van der Waals surface area contributed by atoms with E-state index in [-0.39, 0.29) is 12.0 Å². The predicted molar refractivity (Wildman–Crippen MR) is 66.3 cm³/mol. The Hall–Kier alpha value is -0.910. The fourth-order valence-electron chi connectivity index (χ4n) is 1.76. The van der Waals surface area contributed by atoms with Gasteiger partial charge < -0.3 is 14.8 Å². The third kappa shape index (κ3) is 3.06. The topological polar surface area (TPSA) is 47.6 Å². The summed E-state index contributed by atoms with van der Waals surface area (Å²) >= 11 is 1.46. The minimum Gasteiger partial charge on any atom is -0.349 e. The molecule has 1 N–H and O–H groups in total. The normalized spacial score (nSPS) is 22.6. The molecule has 0 bridgehead atoms. The first-order valence-corrected chi connectivity index (χ1v) is 6.50. The van der Waals surface area contributed by atoms with Crippen molar-refractivity contribution in [3.8, 4) is 0 Å². The van der Waals surface area contributed by atoms with Crippen molar-refractivity contribution in [3.05, 3.63) is 21.9 Å². The molecular formula is C12H17NO3S. The fourth-order valence-corrected chi connectivity index (χ4v) is 2.60. The van der Waals surface area contributed by atoms with Gasteiger partial charge in [0.2, 0.25) is 0 Å². The Morgan fingerprint density at radius 2 is 2.41 bits per heavy atom. The first-order valence-electron chi connectivity index (χ1n) is 5.62. The average molecular weight is 255 g/mol. The van der Waals surface area contributed by atoms with E-state index in [0.29, 0.717) is 13.2 Å². The summed E-state index contributed by atoms with van der Waals surface area (Å²) in [6, 6.07) is 1.94. The van der Waals surface area contributed by atoms with Gasteiger partial charge in [-0.2, -0.15) is 0 Å². The van der Waals surface area contributed by atoms with Gasteiger partial charge in [0.15, 0.2) is 5.79 Å². The summed E-state index contributed by atoms with van der Waals surface area (Å²) in [6.45, 7) is 6.69. The number of nitrogens with one attached hydrogen (secondary N) is 1. The zero-order valence-corrected chi connectivity index (χ0v) is 11.1. The summed E-state index contributed by atoms with van der Waals surface area (Å²) in [5, 5.41) is 4.79. The molecule has 1 aliphatic rings. The van der Waals surface area contributed by atoms with Crippen molar-refractivity contribution in [1.29, 1.82) is 0 Å². The number of carbonyl (C=O) groups is 1. The lowest BCUT2D eigenvalue weighted by Crippen LogP contribution is -2.34. The maximum absolute atomic E-state index is 11.8. The summed E-state index contributed by atoms with van der Waals surface area (Å²) in [5.74, 6) is -0.570. The number of hydrogen-bond donors (Lipinski definition) is 1. The summed E-state index contributed by atoms with van der Waals surface area (Å²) in [5.41, 5.74) is 1.01. The molecular weight excluding hydrogens is 238 g/mol. The average Bonchev–Trinajstić information content (AvgIpc) is 2.81. The molecule has 0 saturated carbocycles. The molecule has 1 aromatic heterocycles. The van der Waals surface area contributed by atoms with E-state index >= 15 is 0 Å². The van der Waals surface area contributed by atoms with Crippen LogP contribution in [-0.4, -0.2) is 30.9 Å². The van der Waals surface area contributed by atoms with Gasteiger partial charge in [-0.3, -0.25) is 4.79 Å². The fraction of sp³-hybridized carbons (Fsp3) is 0.583. The smallest absolute Gasteiger partial charge is 0.261 e. The molecule has 2 heterocycles. The number of carbonyl (C=O) groups excluding carboxylic acids is 1. The Morgan fingerprint density at radius 3 is 2.94 bits per heavy atom. The standard InChI is InChI=1S/C12H17NO3S/c1-8-4-5-17-10(8)11(14)13-6-9-7-15-12(2,3)16-9/h4-5,9H,6-7H2,1-3H3,(H,13,14). The number of hydrogen-bond acceptors (Lipinski definition) is 4. The highest BCUT2D eigenvalue weighted by atomic mass is 32.1. The van der Waals surface area contributed by atoms with Crippen LogP contribution in [0, 0.1) is 6.92 Å². The molecule has 1 fully saturated rings. The SMILES string of the molecule is Cc1ccsc1C(=O)NCC1COC(C)(C)O1. The summed E-state index contributed by atoms with van der Waals surface area (Å²) in [4.78, 5) is 12.6. The van der Waals surface area contributed by atoms with Crippen LogP contribution < -0.4 is 5.32 Å². The molecule has 5 heteroatoms. The first kappa shape index (κ1) is 12.5. The van der Waals surface area contributed by atoms with Gasteiger partial charge in [0.05, 0.1) is 11.5 Å². The number of ether oxygens (including phenoxy) is 2. The predicted octanol–water partition coefficient (Wildman–Crippen LogP) is 1.94. The molecule has 1 atom stereocenters. The highest BCUT2D eigenvalue weighted by Gasteiger charge is 2.32. The summed E-state index contributed by atoms with van der Waals surface area (Å²) in [7, 11) is 0. The van der Waals surface area contributed by atoms with E-state index < -0.39 is 5.79 Å². The molecule has 17 heavy (non-hydrogen) atoms. The van der Waals surface area contributed by atoms with Crippen LogP contribution in [0.2, 0.25) is 0 Å². The minimum absolute atomic E-state index is 0.0363. The second kappa shape index (κ2) is 4.76. The quantitative estimate of drug-likeness (QED) is 0.898. The van der Waals surface area contributed by atoms with Crippen LogP contribution in [0.25, 0.3) is 0 Å². The van der Waals surface area contributed by atoms with E-state index in [1.165, 1.54) is 11.3 Å². The van der Waals surface area contributed by atoms with E-state index in [4.69, 9.17) is 9.47 Å². The third-order valence-corrected chi connectivity index (χ3v) is 3.64. The Bertz CT molecular complexity index is 414. The summed E-state index contributed by atoms with van der Waals surface area (Å²) < 4.78 is 11.0. The maximum Gasteiger partial charge on any atom is 0.261 e. The Kier molecular flexibility index (Phi) is 3.51. The lowest BCUT2D eigenvalue weighted by atomic mass is 10.3. The maximum atomic E-state index is 11.8. The molecule has 94 valence electrons. The zero-order chi connectivity index (χ0) is 12.5. The van der Waals surface area contributed by atoms with Gasteiger partial charge in [0.1, 0.15) is 6.10 Å². The molecule has 0 aliphatic carbocycles. The Morgan fingerprint density at radius 1 is 1.65 bits per heavy atom. The Balaban J connectivity index is 1.84. The highest BCUT2D eigenvalue weighted by Crippen LogP contribution is 2.22. The molecule has 0 spiro atoms. The van der Waals surface area contributed by atoms with Gasteiger partial charge >= 0.3 is 0 Å². The van der Waals surface area contributed by atoms with E-state index in [1.54, 1.807) is 0 Å². The molecule has 1 unspecified atom stereocenters. The second-order valence-electron chi connectivity index (χ2n) is 4.59. The van der Waals surface area contributed by atoms with Crippen molar-refractivity contribution < 1.29 is 14.3 Å². The van der Waals surface area contributed by atoms with Gasteiger partial charge in [-0.05, 0) is 37.8 Å². The minimum atomic E-state index is -0.533. The van der Waals surface area contributed by atoms with E-state index in [2.05, 4.69) is 5.32 Å². The molecule has 1 aromatic rings. The van der Waals surface area contributed by atoms with Crippen molar-refractivity contribution in [2.45, 2.75) is 32.7 Å². The molecule has 0 aromatic carbocycles. The zero-order valence-electron chi connectivity index (χ0n) is 10.3. The molecule has 0 radical (unpaired) electrons. The van der Waals surface area contributed by atoms with Gasteiger partial charge in [0, 0.05) is 6.54 Å². The molecule has 4 nitrogen and oxygen atoms in total. The van der Waals surface area contributed by atoms with Crippen LogP contribution >= 0.6 is 11.3 Å². The number of rotatable bonds is 3. The highest BCUT2D eigenvalue weighted by molar-refractivity contribution is 7.12. The van der Waals surface area contributed by atoms with Gasteiger partial charge in [-0.1, -0.05) is 0 Å². The molecule has 2 rings (SSSR count). The van der Waals surface area contributed by atoms with Gasteiger partial charge in [0.25, 0.3) is 5.91 Å². The van der Waals surface area contributed by atoms with Crippen molar-refractivity contribution in [2.24, 2.45) is 0 Å². The van der Waals surface area contributed by atoms with Crippen LogP contribution in [0.3, 0.4) is 0 Å². The monoisotopic (exact) mass is 255 g/mol. The van der Waals surface area contributed by atoms with E-state index in [0.717, 1.165) is 10.4 Å². The molecule has 1 amide bonds. The van der Waals surface area contributed by atoms with Crippen LogP contribution in [-0.2, 0) is 9.47 Å². The molecule has 1 saturated heterocycles. The van der Waals surface area contributed by atoms with Crippen LogP contribution in [0.5, 0.6) is 0 Å². The van der Waals surface area contributed by atoms with Crippen LogP contribution in [0.1, 0.15) is 29.1 Å². The van der Waals surface area contributed by atoms with E-state index in [9.17, 15) is 4.79 Å². The van der Waals surface area contributed by atoms with Crippen molar-refractivity contribution in [3.63, 3.8) is 0 Å². The first-order chi connectivity index (χ1) is 7.98. The van der Waals surface area contributed by atoms with Crippen molar-refractivity contribution >= 4 is 17.2 Å². The van der Waals surface area contributed by atoms with Gasteiger partial charge in [-0.15, -0.1) is 11.3 Å². The number of thiophene rings is 1.